The molecule has 1 fully saturated rings. The van der Waals surface area contributed by atoms with E-state index < -0.39 is 5.91 Å². The van der Waals surface area contributed by atoms with Crippen molar-refractivity contribution in [2.45, 2.75) is 0 Å². The summed E-state index contributed by atoms with van der Waals surface area (Å²) >= 11 is 6.10. The van der Waals surface area contributed by atoms with Crippen molar-refractivity contribution in [3.05, 3.63) is 65.2 Å². The second-order valence-corrected chi connectivity index (χ2v) is 6.80. The molecule has 26 heavy (non-hydrogen) atoms. The van der Waals surface area contributed by atoms with Crippen molar-refractivity contribution in [3.63, 3.8) is 0 Å². The van der Waals surface area contributed by atoms with Gasteiger partial charge in [-0.3, -0.25) is 4.79 Å². The molecule has 1 saturated heterocycles. The Morgan fingerprint density at radius 2 is 1.69 bits per heavy atom. The number of benzene rings is 2. The first kappa shape index (κ1) is 16.7. The number of primary amides is 1. The summed E-state index contributed by atoms with van der Waals surface area (Å²) in [6, 6.07) is 17.3. The van der Waals surface area contributed by atoms with Gasteiger partial charge < -0.3 is 15.5 Å². The van der Waals surface area contributed by atoms with Crippen LogP contribution in [0.5, 0.6) is 0 Å². The van der Waals surface area contributed by atoms with Crippen molar-refractivity contribution in [3.8, 4) is 0 Å². The number of carbonyl (C=O) groups excluding carboxylic acids is 1. The number of nitrogens with zero attached hydrogens (tertiary/aromatic N) is 3. The molecule has 0 radical (unpaired) electrons. The maximum absolute atomic E-state index is 11.9. The number of carbonyl (C=O) groups is 1. The first-order chi connectivity index (χ1) is 12.6. The molecule has 1 aliphatic heterocycles. The van der Waals surface area contributed by atoms with Crippen LogP contribution in [0.1, 0.15) is 10.4 Å². The molecule has 1 amide bonds. The van der Waals surface area contributed by atoms with Crippen LogP contribution in [-0.2, 0) is 0 Å². The average Bonchev–Trinajstić information content (AvgIpc) is 2.67. The molecule has 1 aliphatic rings. The summed E-state index contributed by atoms with van der Waals surface area (Å²) in [7, 11) is 0. The van der Waals surface area contributed by atoms with Crippen LogP contribution < -0.4 is 15.5 Å². The van der Waals surface area contributed by atoms with Crippen molar-refractivity contribution in [1.29, 1.82) is 0 Å². The zero-order chi connectivity index (χ0) is 18.1. The Hall–Kier alpha value is -2.79. The number of hydrogen-bond acceptors (Lipinski definition) is 4. The number of piperazine rings is 1. The summed E-state index contributed by atoms with van der Waals surface area (Å²) in [5.41, 5.74) is 8.02. The smallest absolute Gasteiger partial charge is 0.249 e. The van der Waals surface area contributed by atoms with Gasteiger partial charge in [0.2, 0.25) is 5.91 Å². The van der Waals surface area contributed by atoms with E-state index in [-0.39, 0.29) is 0 Å². The summed E-state index contributed by atoms with van der Waals surface area (Å²) in [5, 5.41) is 1.54. The largest absolute Gasteiger partial charge is 0.368 e. The molecule has 132 valence electrons. The fourth-order valence-electron chi connectivity index (χ4n) is 3.39. The normalized spacial score (nSPS) is 14.7. The molecule has 3 aromatic rings. The fraction of sp³-hybridized carbons (Fsp3) is 0.200. The molecule has 1 aromatic heterocycles. The number of anilines is 2. The number of amides is 1. The van der Waals surface area contributed by atoms with Crippen LogP contribution in [0.25, 0.3) is 10.9 Å². The number of hydrogen-bond donors (Lipinski definition) is 1. The van der Waals surface area contributed by atoms with Crippen LogP contribution in [-0.4, -0.2) is 37.1 Å². The average molecular weight is 367 g/mol. The molecule has 0 aliphatic carbocycles. The highest BCUT2D eigenvalue weighted by Crippen LogP contribution is 2.25. The summed E-state index contributed by atoms with van der Waals surface area (Å²) in [6.07, 6.45) is 0. The number of pyridine rings is 1. The minimum absolute atomic E-state index is 0.428. The van der Waals surface area contributed by atoms with E-state index in [2.05, 4.69) is 15.9 Å². The Balaban J connectivity index is 1.59. The van der Waals surface area contributed by atoms with Crippen molar-refractivity contribution in [2.24, 2.45) is 5.73 Å². The Morgan fingerprint density at radius 3 is 2.42 bits per heavy atom. The summed E-state index contributed by atoms with van der Waals surface area (Å²) in [4.78, 5) is 21.1. The topological polar surface area (TPSA) is 62.5 Å². The van der Waals surface area contributed by atoms with E-state index >= 15 is 0 Å². The minimum atomic E-state index is -0.428. The summed E-state index contributed by atoms with van der Waals surface area (Å²) in [5.74, 6) is 0.366. The lowest BCUT2D eigenvalue weighted by Gasteiger charge is -2.37. The molecule has 0 bridgehead atoms. The molecular formula is C20H19ClN4O. The molecule has 2 heterocycles. The Labute approximate surface area is 157 Å². The van der Waals surface area contributed by atoms with Gasteiger partial charge in [-0.15, -0.1) is 0 Å². The first-order valence-electron chi connectivity index (χ1n) is 8.57. The molecule has 0 unspecified atom stereocenters. The third-order valence-corrected chi connectivity index (χ3v) is 4.98. The van der Waals surface area contributed by atoms with E-state index in [0.29, 0.717) is 5.56 Å². The Bertz CT molecular complexity index is 967. The molecule has 4 rings (SSSR count). The van der Waals surface area contributed by atoms with Gasteiger partial charge in [-0.05, 0) is 30.3 Å². The lowest BCUT2D eigenvalue weighted by atomic mass is 10.1. The highest BCUT2D eigenvalue weighted by molar-refractivity contribution is 6.30. The summed E-state index contributed by atoms with van der Waals surface area (Å²) in [6.45, 7) is 3.35. The molecule has 5 nitrogen and oxygen atoms in total. The van der Waals surface area contributed by atoms with E-state index in [1.165, 1.54) is 0 Å². The standard InChI is InChI=1S/C20H19ClN4O/c21-14-4-3-5-15(12-14)24-8-10-25(11-9-24)19-13-17(20(22)26)16-6-1-2-7-18(16)23-19/h1-7,12-13H,8-11H2,(H2,22,26). The molecule has 0 spiro atoms. The Morgan fingerprint density at radius 1 is 0.962 bits per heavy atom. The Kier molecular flexibility index (Phi) is 4.39. The highest BCUT2D eigenvalue weighted by atomic mass is 35.5. The highest BCUT2D eigenvalue weighted by Gasteiger charge is 2.20. The number of aromatic nitrogens is 1. The SMILES string of the molecule is NC(=O)c1cc(N2CCN(c3cccc(Cl)c3)CC2)nc2ccccc12. The van der Waals surface area contributed by atoms with Gasteiger partial charge in [-0.25, -0.2) is 4.98 Å². The van der Waals surface area contributed by atoms with Gasteiger partial charge in [0.1, 0.15) is 5.82 Å². The molecule has 0 saturated carbocycles. The van der Waals surface area contributed by atoms with Gasteiger partial charge in [0.15, 0.2) is 0 Å². The van der Waals surface area contributed by atoms with Crippen LogP contribution in [0, 0.1) is 0 Å². The van der Waals surface area contributed by atoms with E-state index in [9.17, 15) is 4.79 Å². The maximum atomic E-state index is 11.9. The van der Waals surface area contributed by atoms with E-state index in [1.54, 1.807) is 6.07 Å². The van der Waals surface area contributed by atoms with Gasteiger partial charge in [0.05, 0.1) is 11.1 Å². The monoisotopic (exact) mass is 366 g/mol. The minimum Gasteiger partial charge on any atom is -0.368 e. The number of rotatable bonds is 3. The zero-order valence-corrected chi connectivity index (χ0v) is 15.0. The lowest BCUT2D eigenvalue weighted by Crippen LogP contribution is -2.46. The van der Waals surface area contributed by atoms with Crippen LogP contribution >= 0.6 is 11.6 Å². The van der Waals surface area contributed by atoms with Gasteiger partial charge in [-0.2, -0.15) is 0 Å². The molecule has 2 aromatic carbocycles. The number of halogens is 1. The first-order valence-corrected chi connectivity index (χ1v) is 8.95. The molecule has 6 heteroatoms. The van der Waals surface area contributed by atoms with Crippen molar-refractivity contribution in [1.82, 2.24) is 4.98 Å². The number of nitrogens with two attached hydrogens (primary N) is 1. The fourth-order valence-corrected chi connectivity index (χ4v) is 3.58. The van der Waals surface area contributed by atoms with Crippen LogP contribution in [0.15, 0.2) is 54.6 Å². The third-order valence-electron chi connectivity index (χ3n) is 4.75. The predicted molar refractivity (Wildman–Crippen MR) is 106 cm³/mol. The van der Waals surface area contributed by atoms with Crippen molar-refractivity contribution >= 4 is 39.9 Å². The van der Waals surface area contributed by atoms with Crippen LogP contribution in [0.2, 0.25) is 5.02 Å². The second kappa shape index (κ2) is 6.84. The van der Waals surface area contributed by atoms with E-state index in [1.807, 2.05) is 42.5 Å². The third kappa shape index (κ3) is 3.18. The lowest BCUT2D eigenvalue weighted by molar-refractivity contribution is 0.100. The van der Waals surface area contributed by atoms with Crippen molar-refractivity contribution in [2.75, 3.05) is 36.0 Å². The summed E-state index contributed by atoms with van der Waals surface area (Å²) < 4.78 is 0. The van der Waals surface area contributed by atoms with Gasteiger partial charge in [0.25, 0.3) is 0 Å². The zero-order valence-electron chi connectivity index (χ0n) is 14.2. The predicted octanol–water partition coefficient (Wildman–Crippen LogP) is 3.31. The maximum Gasteiger partial charge on any atom is 0.249 e. The van der Waals surface area contributed by atoms with E-state index in [4.69, 9.17) is 22.3 Å². The van der Waals surface area contributed by atoms with Crippen LogP contribution in [0.4, 0.5) is 11.5 Å². The van der Waals surface area contributed by atoms with Gasteiger partial charge >= 0.3 is 0 Å². The van der Waals surface area contributed by atoms with Gasteiger partial charge in [-0.1, -0.05) is 35.9 Å². The van der Waals surface area contributed by atoms with Crippen LogP contribution in [0.3, 0.4) is 0 Å². The quantitative estimate of drug-likeness (QED) is 0.772. The molecular weight excluding hydrogens is 348 g/mol. The number of para-hydroxylation sites is 1. The molecule has 2 N–H and O–H groups in total. The van der Waals surface area contributed by atoms with Crippen molar-refractivity contribution < 1.29 is 4.79 Å². The van der Waals surface area contributed by atoms with E-state index in [0.717, 1.165) is 53.6 Å². The molecule has 0 atom stereocenters. The van der Waals surface area contributed by atoms with Gasteiger partial charge in [0, 0.05) is 42.3 Å². The number of fused-ring (bicyclic) bond motifs is 1. The second-order valence-electron chi connectivity index (χ2n) is 6.36.